The number of amides is 1. The van der Waals surface area contributed by atoms with Gasteiger partial charge in [0.1, 0.15) is 0 Å². The Bertz CT molecular complexity index is 208. The van der Waals surface area contributed by atoms with Crippen molar-refractivity contribution in [3.63, 3.8) is 0 Å². The lowest BCUT2D eigenvalue weighted by molar-refractivity contribution is -0.323. The van der Waals surface area contributed by atoms with Gasteiger partial charge in [-0.1, -0.05) is 0 Å². The standard InChI is InChI=1S/C7H11F3N2O2/c8-7(9,10)14-2-1-11-5-3-6(13)12-4-5/h5,11H,1-4H2,(H,12,13). The van der Waals surface area contributed by atoms with Crippen molar-refractivity contribution in [3.8, 4) is 0 Å². The molecule has 0 aliphatic carbocycles. The largest absolute Gasteiger partial charge is 0.522 e. The van der Waals surface area contributed by atoms with Crippen molar-refractivity contribution in [1.29, 1.82) is 0 Å². The van der Waals surface area contributed by atoms with Crippen molar-refractivity contribution < 1.29 is 22.7 Å². The highest BCUT2D eigenvalue weighted by atomic mass is 19.4. The lowest BCUT2D eigenvalue weighted by atomic mass is 10.2. The molecule has 0 aromatic heterocycles. The van der Waals surface area contributed by atoms with Gasteiger partial charge in [-0.3, -0.25) is 9.53 Å². The third-order valence-corrected chi connectivity index (χ3v) is 1.78. The molecule has 1 aliphatic heterocycles. The zero-order valence-electron chi connectivity index (χ0n) is 7.36. The molecule has 1 amide bonds. The van der Waals surface area contributed by atoms with Crippen LogP contribution in [0.5, 0.6) is 0 Å². The topological polar surface area (TPSA) is 50.4 Å². The first-order valence-corrected chi connectivity index (χ1v) is 4.18. The predicted molar refractivity (Wildman–Crippen MR) is 41.4 cm³/mol. The number of carbonyl (C=O) groups excluding carboxylic acids is 1. The summed E-state index contributed by atoms with van der Waals surface area (Å²) >= 11 is 0. The molecule has 7 heteroatoms. The zero-order valence-corrected chi connectivity index (χ0v) is 7.36. The highest BCUT2D eigenvalue weighted by Gasteiger charge is 2.28. The van der Waals surface area contributed by atoms with Crippen LogP contribution in [0.15, 0.2) is 0 Å². The molecule has 0 radical (unpaired) electrons. The SMILES string of the molecule is O=C1CC(NCCOC(F)(F)F)CN1. The van der Waals surface area contributed by atoms with Gasteiger partial charge in [0.15, 0.2) is 0 Å². The molecule has 4 nitrogen and oxygen atoms in total. The van der Waals surface area contributed by atoms with E-state index in [2.05, 4.69) is 15.4 Å². The van der Waals surface area contributed by atoms with Crippen LogP contribution in [0.1, 0.15) is 6.42 Å². The fraction of sp³-hybridized carbons (Fsp3) is 0.857. The maximum absolute atomic E-state index is 11.5. The van der Waals surface area contributed by atoms with Gasteiger partial charge >= 0.3 is 6.36 Å². The van der Waals surface area contributed by atoms with E-state index >= 15 is 0 Å². The number of halogens is 3. The first-order valence-electron chi connectivity index (χ1n) is 4.18. The predicted octanol–water partition coefficient (Wildman–Crippen LogP) is 0.000900. The summed E-state index contributed by atoms with van der Waals surface area (Å²) in [5.74, 6) is -0.0840. The van der Waals surface area contributed by atoms with E-state index in [9.17, 15) is 18.0 Å². The van der Waals surface area contributed by atoms with E-state index in [4.69, 9.17) is 0 Å². The molecule has 0 aromatic carbocycles. The number of hydrogen-bond donors (Lipinski definition) is 2. The quantitative estimate of drug-likeness (QED) is 0.645. The third kappa shape index (κ3) is 4.43. The summed E-state index contributed by atoms with van der Waals surface area (Å²) in [4.78, 5) is 10.7. The van der Waals surface area contributed by atoms with E-state index in [1.165, 1.54) is 0 Å². The minimum Gasteiger partial charge on any atom is -0.354 e. The third-order valence-electron chi connectivity index (χ3n) is 1.78. The fourth-order valence-corrected chi connectivity index (χ4v) is 1.18. The summed E-state index contributed by atoms with van der Waals surface area (Å²) in [5.41, 5.74) is 0. The molecule has 0 saturated carbocycles. The Kier molecular flexibility index (Phi) is 3.70. The van der Waals surface area contributed by atoms with E-state index in [0.717, 1.165) is 0 Å². The van der Waals surface area contributed by atoms with Crippen molar-refractivity contribution in [3.05, 3.63) is 0 Å². The van der Waals surface area contributed by atoms with Crippen LogP contribution < -0.4 is 10.6 Å². The summed E-state index contributed by atoms with van der Waals surface area (Å²) in [6, 6.07) is -0.0840. The number of nitrogens with one attached hydrogen (secondary N) is 2. The summed E-state index contributed by atoms with van der Waals surface area (Å²) < 4.78 is 38.1. The molecule has 1 unspecified atom stereocenters. The first kappa shape index (κ1) is 11.3. The number of hydrogen-bond acceptors (Lipinski definition) is 3. The van der Waals surface area contributed by atoms with E-state index in [-0.39, 0.29) is 18.5 Å². The molecule has 1 heterocycles. The lowest BCUT2D eigenvalue weighted by Crippen LogP contribution is -2.34. The molecule has 1 fully saturated rings. The van der Waals surface area contributed by atoms with Crippen LogP contribution in [0.3, 0.4) is 0 Å². The Balaban J connectivity index is 2.02. The van der Waals surface area contributed by atoms with Crippen LogP contribution in [-0.2, 0) is 9.53 Å². The van der Waals surface area contributed by atoms with Crippen LogP contribution in [0.2, 0.25) is 0 Å². The van der Waals surface area contributed by atoms with Crippen molar-refractivity contribution >= 4 is 5.91 Å². The maximum atomic E-state index is 11.5. The number of ether oxygens (including phenoxy) is 1. The average Bonchev–Trinajstić information content (AvgIpc) is 2.44. The van der Waals surface area contributed by atoms with Crippen molar-refractivity contribution in [1.82, 2.24) is 10.6 Å². The van der Waals surface area contributed by atoms with E-state index in [1.807, 2.05) is 0 Å². The lowest BCUT2D eigenvalue weighted by Gasteiger charge is -2.11. The number of rotatable bonds is 4. The summed E-state index contributed by atoms with van der Waals surface area (Å²) in [6.07, 6.45) is -4.27. The van der Waals surface area contributed by atoms with Crippen LogP contribution in [0.25, 0.3) is 0 Å². The molecule has 0 aromatic rings. The van der Waals surface area contributed by atoms with Crippen LogP contribution >= 0.6 is 0 Å². The molecule has 1 rings (SSSR count). The summed E-state index contributed by atoms with van der Waals surface area (Å²) in [5, 5.41) is 5.34. The van der Waals surface area contributed by atoms with Gasteiger partial charge in [0.05, 0.1) is 6.61 Å². The van der Waals surface area contributed by atoms with E-state index in [1.54, 1.807) is 0 Å². The Labute approximate surface area is 78.8 Å². The molecular weight excluding hydrogens is 201 g/mol. The highest BCUT2D eigenvalue weighted by molar-refractivity contribution is 5.78. The summed E-state index contributed by atoms with van der Waals surface area (Å²) in [6.45, 7) is 0.109. The van der Waals surface area contributed by atoms with Gasteiger partial charge in [0.2, 0.25) is 5.91 Å². The van der Waals surface area contributed by atoms with E-state index in [0.29, 0.717) is 13.0 Å². The zero-order chi connectivity index (χ0) is 10.6. The number of carbonyl (C=O) groups is 1. The second-order valence-corrected chi connectivity index (χ2v) is 2.95. The second kappa shape index (κ2) is 4.61. The van der Waals surface area contributed by atoms with Crippen LogP contribution in [-0.4, -0.2) is 38.0 Å². The molecule has 1 saturated heterocycles. The number of alkyl halides is 3. The van der Waals surface area contributed by atoms with E-state index < -0.39 is 13.0 Å². The monoisotopic (exact) mass is 212 g/mol. The van der Waals surface area contributed by atoms with Crippen LogP contribution in [0, 0.1) is 0 Å². The molecule has 82 valence electrons. The first-order chi connectivity index (χ1) is 6.47. The second-order valence-electron chi connectivity index (χ2n) is 2.95. The van der Waals surface area contributed by atoms with Gasteiger partial charge < -0.3 is 10.6 Å². The van der Waals surface area contributed by atoms with Gasteiger partial charge in [-0.05, 0) is 0 Å². The van der Waals surface area contributed by atoms with Gasteiger partial charge in [0, 0.05) is 25.6 Å². The molecule has 14 heavy (non-hydrogen) atoms. The van der Waals surface area contributed by atoms with Crippen LogP contribution in [0.4, 0.5) is 13.2 Å². The van der Waals surface area contributed by atoms with Crippen molar-refractivity contribution in [2.75, 3.05) is 19.7 Å². The smallest absolute Gasteiger partial charge is 0.354 e. The van der Waals surface area contributed by atoms with Gasteiger partial charge in [0.25, 0.3) is 0 Å². The molecule has 1 aliphatic rings. The average molecular weight is 212 g/mol. The molecule has 1 atom stereocenters. The van der Waals surface area contributed by atoms with Crippen molar-refractivity contribution in [2.45, 2.75) is 18.8 Å². The summed E-state index contributed by atoms with van der Waals surface area (Å²) in [7, 11) is 0. The van der Waals surface area contributed by atoms with Crippen molar-refractivity contribution in [2.24, 2.45) is 0 Å². The van der Waals surface area contributed by atoms with Gasteiger partial charge in [-0.2, -0.15) is 0 Å². The Hall–Kier alpha value is -0.820. The Morgan fingerprint density at radius 1 is 1.57 bits per heavy atom. The minimum atomic E-state index is -4.58. The van der Waals surface area contributed by atoms with Gasteiger partial charge in [-0.15, -0.1) is 13.2 Å². The molecule has 2 N–H and O–H groups in total. The molecule has 0 bridgehead atoms. The Morgan fingerprint density at radius 3 is 2.79 bits per heavy atom. The fourth-order valence-electron chi connectivity index (χ4n) is 1.18. The molecule has 0 spiro atoms. The Morgan fingerprint density at radius 2 is 2.29 bits per heavy atom. The van der Waals surface area contributed by atoms with Gasteiger partial charge in [-0.25, -0.2) is 0 Å². The molecular formula is C7H11F3N2O2. The highest BCUT2D eigenvalue weighted by Crippen LogP contribution is 2.15. The normalized spacial score (nSPS) is 22.5. The minimum absolute atomic E-state index is 0.0825. The maximum Gasteiger partial charge on any atom is 0.522 e.